The Morgan fingerprint density at radius 3 is 1.93 bits per heavy atom. The fourth-order valence-corrected chi connectivity index (χ4v) is 14.3. The molecule has 3 aliphatic heterocycles. The second-order valence-corrected chi connectivity index (χ2v) is 30.0. The van der Waals surface area contributed by atoms with Gasteiger partial charge >= 0.3 is 5.97 Å². The van der Waals surface area contributed by atoms with Crippen LogP contribution in [0.3, 0.4) is 0 Å². The summed E-state index contributed by atoms with van der Waals surface area (Å²) in [6.07, 6.45) is -6.78. The normalized spacial score (nSPS) is 25.8. The molecule has 624 valence electrons. The molecule has 3 fully saturated rings. The molecule has 12 amide bonds. The van der Waals surface area contributed by atoms with E-state index in [0.29, 0.717) is 17.3 Å². The SMILES string of the molecule is CC[C@H](C)[C@@H]1NC(=O)[C@H](Cc2ccc(O)c(F)c2)NC(=O)[C@H](CO)NC(=O)[C@H](CCC(N)=O)NC(=O)CNC(=O)[C@H](Cc2ccccc2)N(C)C(=O)[C@H]2CCCN2C(=O)[C@H]([C@@H](C)O)CC(=O)[C@H]([C@@H](C)O)CC(=O)[C@@H](NC)CSC(=O)C[C@@H](C(=O)N2CCC[C@H]2C(=O)N[C@@H](CCCN=C(N)N)C(=O)O)NC(=O)[C@H](C(C)C)NC1=O. The van der Waals surface area contributed by atoms with E-state index in [2.05, 4.69) is 52.8 Å². The van der Waals surface area contributed by atoms with Gasteiger partial charge in [-0.05, 0) is 101 Å². The molecule has 16 atom stereocenters. The summed E-state index contributed by atoms with van der Waals surface area (Å²) in [5, 5.41) is 74.7. The standard InChI is InChI=1S/C74H109FN16O21S/c1-9-38(4)62-69(107)87-61(37(2)3)68(106)85-49(71(109)90-26-14-19-52(90)67(105)83-47(73(111)112)18-13-25-80-74(77)78)33-60(100)113-36-51(79-7)57(97)31-43(39(5)93)56(96)32-44(40(6)94)70(108)91-27-15-20-53(91)72(110)89(8)54(30-41-16-11-10-12-17-41)66(104)81-34-59(99)82-46(22-24-58(76)98)63(101)86-50(35-92)65(103)84-48(64(102)88-62)29-42-21-23-55(95)45(75)28-42/h10-12,16-17,21,23,28,37-40,43-44,46-54,61-62,79,92-95H,9,13-15,18-20,22,24-27,29-36H2,1-8H3,(H2,76,98)(H,81,104)(H,82,99)(H,83,105)(H,84,103)(H,85,106)(H,86,101)(H,87,107)(H,88,102)(H,111,112)(H4,77,78,80)/t38-,39+,40+,43-,44-,46-,47-,48-,49-,50-,51-,52-,53+,54-,61-,62-/m0/s1. The molecule has 0 radical (unpaired) electrons. The number of fused-ring (bicyclic) bond motifs is 1. The monoisotopic (exact) mass is 1610 g/mol. The van der Waals surface area contributed by atoms with Crippen molar-refractivity contribution in [2.45, 2.75) is 210 Å². The minimum atomic E-state index is -2.00. The molecule has 0 bridgehead atoms. The number of amides is 12. The molecule has 0 spiro atoms. The van der Waals surface area contributed by atoms with Gasteiger partial charge < -0.3 is 105 Å². The van der Waals surface area contributed by atoms with E-state index < -0.39 is 265 Å². The van der Waals surface area contributed by atoms with Crippen LogP contribution in [0.5, 0.6) is 5.75 Å². The van der Waals surface area contributed by atoms with Crippen molar-refractivity contribution in [2.24, 2.45) is 45.9 Å². The minimum absolute atomic E-state index is 0.0111. The Morgan fingerprint density at radius 1 is 0.708 bits per heavy atom. The summed E-state index contributed by atoms with van der Waals surface area (Å²) in [6, 6.07) is -6.27. The van der Waals surface area contributed by atoms with E-state index >= 15 is 4.79 Å². The number of aliphatic hydroxyl groups is 3. The van der Waals surface area contributed by atoms with Gasteiger partial charge in [-0.2, -0.15) is 0 Å². The number of carbonyl (C=O) groups is 16. The average Bonchev–Trinajstić information content (AvgIpc) is 1.75. The largest absolute Gasteiger partial charge is 0.505 e. The molecular weight excluding hydrogens is 1500 g/mol. The van der Waals surface area contributed by atoms with Crippen LogP contribution in [0.4, 0.5) is 4.39 Å². The number of carbonyl (C=O) groups excluding carboxylic acids is 15. The number of aromatic hydroxyl groups is 1. The zero-order chi connectivity index (χ0) is 84.2. The molecule has 3 heterocycles. The Bertz CT molecular complexity index is 3780. The molecule has 0 aliphatic carbocycles. The fourth-order valence-electron chi connectivity index (χ4n) is 13.3. The van der Waals surface area contributed by atoms with Crippen LogP contribution in [-0.2, 0) is 89.6 Å². The number of Topliss-reactive ketones (excluding diaryl/α,β-unsaturated/α-hetero) is 2. The molecule has 3 aliphatic rings. The number of primary amides is 1. The van der Waals surface area contributed by atoms with Crippen LogP contribution in [0.2, 0.25) is 0 Å². The highest BCUT2D eigenvalue weighted by Gasteiger charge is 2.46. The van der Waals surface area contributed by atoms with Crippen LogP contribution in [0, 0.1) is 29.5 Å². The number of carboxylic acids is 1. The van der Waals surface area contributed by atoms with Crippen molar-refractivity contribution in [3.05, 3.63) is 65.5 Å². The second kappa shape index (κ2) is 44.9. The van der Waals surface area contributed by atoms with Gasteiger partial charge in [0, 0.05) is 71.0 Å². The summed E-state index contributed by atoms with van der Waals surface area (Å²) >= 11 is 0.505. The Morgan fingerprint density at radius 2 is 1.33 bits per heavy atom. The fraction of sp³-hybridized carbons (Fsp3) is 0.608. The number of phenolic OH excluding ortho intramolecular Hbond substituents is 1. The maximum absolute atomic E-state index is 15.1. The lowest BCUT2D eigenvalue weighted by atomic mass is 9.84. The van der Waals surface area contributed by atoms with E-state index in [0.717, 1.165) is 26.8 Å². The highest BCUT2D eigenvalue weighted by Crippen LogP contribution is 2.29. The molecule has 2 aromatic rings. The minimum Gasteiger partial charge on any atom is -0.505 e. The number of carboxylic acid groups (broad SMARTS) is 1. The summed E-state index contributed by atoms with van der Waals surface area (Å²) in [5.41, 5.74) is 16.8. The third-order valence-electron chi connectivity index (χ3n) is 20.2. The topological polar surface area (TPSA) is 583 Å². The van der Waals surface area contributed by atoms with Crippen molar-refractivity contribution in [3.63, 3.8) is 0 Å². The number of likely N-dealkylation sites (N-methyl/N-ethyl adjacent to an activating group) is 2. The lowest BCUT2D eigenvalue weighted by molar-refractivity contribution is -0.151. The number of aliphatic hydroxyl groups excluding tert-OH is 3. The number of likely N-dealkylation sites (tertiary alicyclic amines) is 1. The van der Waals surface area contributed by atoms with E-state index in [1.54, 1.807) is 37.3 Å². The van der Waals surface area contributed by atoms with Crippen LogP contribution < -0.4 is 65.1 Å². The number of nitrogens with zero attached hydrogens (tertiary/aromatic N) is 4. The van der Waals surface area contributed by atoms with Gasteiger partial charge in [-0.25, -0.2) is 9.18 Å². The number of phenols is 1. The number of benzene rings is 2. The van der Waals surface area contributed by atoms with E-state index in [-0.39, 0.29) is 82.5 Å². The number of ketones is 2. The van der Waals surface area contributed by atoms with Crippen molar-refractivity contribution in [1.29, 1.82) is 0 Å². The van der Waals surface area contributed by atoms with Gasteiger partial charge in [-0.1, -0.05) is 82.3 Å². The number of nitrogens with two attached hydrogens (primary N) is 3. The van der Waals surface area contributed by atoms with E-state index in [1.807, 2.05) is 0 Å². The highest BCUT2D eigenvalue weighted by molar-refractivity contribution is 8.13. The zero-order valence-corrected chi connectivity index (χ0v) is 65.5. The highest BCUT2D eigenvalue weighted by atomic mass is 32.2. The predicted molar refractivity (Wildman–Crippen MR) is 406 cm³/mol. The van der Waals surface area contributed by atoms with E-state index in [9.17, 15) is 102 Å². The maximum Gasteiger partial charge on any atom is 0.326 e. The number of aliphatic imine (C=N–C) groups is 1. The number of aliphatic carboxylic acids is 1. The third-order valence-corrected chi connectivity index (χ3v) is 21.2. The van der Waals surface area contributed by atoms with Gasteiger partial charge in [0.1, 0.15) is 66.2 Å². The van der Waals surface area contributed by atoms with Gasteiger partial charge in [-0.3, -0.25) is 76.9 Å². The summed E-state index contributed by atoms with van der Waals surface area (Å²) in [5.74, 6) is -22.7. The maximum atomic E-state index is 15.1. The molecule has 20 N–H and O–H groups in total. The summed E-state index contributed by atoms with van der Waals surface area (Å²) < 4.78 is 15.0. The van der Waals surface area contributed by atoms with Gasteiger partial charge in [0.15, 0.2) is 28.4 Å². The van der Waals surface area contributed by atoms with Crippen molar-refractivity contribution in [3.8, 4) is 5.75 Å². The molecule has 0 unspecified atom stereocenters. The van der Waals surface area contributed by atoms with Crippen molar-refractivity contribution < 1.29 is 107 Å². The first-order chi connectivity index (χ1) is 53.3. The average molecular weight is 1610 g/mol. The molecular formula is C74H109FN16O21S. The van der Waals surface area contributed by atoms with Crippen LogP contribution >= 0.6 is 11.8 Å². The number of thioether (sulfide) groups is 1. The van der Waals surface area contributed by atoms with Gasteiger partial charge in [0.2, 0.25) is 70.9 Å². The molecule has 2 aromatic carbocycles. The molecule has 0 saturated carbocycles. The molecule has 113 heavy (non-hydrogen) atoms. The summed E-state index contributed by atoms with van der Waals surface area (Å²) in [7, 11) is 2.64. The van der Waals surface area contributed by atoms with Gasteiger partial charge in [0.05, 0.1) is 43.2 Å². The lowest BCUT2D eigenvalue weighted by Gasteiger charge is -2.34. The molecule has 37 nitrogen and oxygen atoms in total. The van der Waals surface area contributed by atoms with Gasteiger partial charge in [0.25, 0.3) is 0 Å². The predicted octanol–water partition coefficient (Wildman–Crippen LogP) is -4.10. The number of nitrogens with one attached hydrogen (secondary N) is 9. The third kappa shape index (κ3) is 27.8. The number of hydrogen-bond acceptors (Lipinski definition) is 23. The summed E-state index contributed by atoms with van der Waals surface area (Å²) in [6.45, 7) is 6.30. The smallest absolute Gasteiger partial charge is 0.326 e. The Kier molecular flexibility index (Phi) is 37.1. The number of halogens is 1. The number of rotatable bonds is 22. The van der Waals surface area contributed by atoms with Gasteiger partial charge in [-0.15, -0.1) is 0 Å². The van der Waals surface area contributed by atoms with Crippen LogP contribution in [0.15, 0.2) is 53.5 Å². The van der Waals surface area contributed by atoms with E-state index in [4.69, 9.17) is 17.2 Å². The van der Waals surface area contributed by atoms with E-state index in [1.165, 1.54) is 54.8 Å². The Labute approximate surface area is 657 Å². The second-order valence-electron chi connectivity index (χ2n) is 28.9. The zero-order valence-electron chi connectivity index (χ0n) is 64.7. The Hall–Kier alpha value is -10.2. The first-order valence-electron chi connectivity index (χ1n) is 37.5. The number of guanidine groups is 1. The first-order valence-corrected chi connectivity index (χ1v) is 38.5. The Balaban J connectivity index is 1.61. The molecule has 0 aromatic heterocycles. The van der Waals surface area contributed by atoms with Crippen LogP contribution in [-0.4, -0.2) is 271 Å². The summed E-state index contributed by atoms with van der Waals surface area (Å²) in [4.78, 5) is 235. The van der Waals surface area contributed by atoms with Crippen molar-refractivity contribution in [2.75, 3.05) is 52.6 Å². The first kappa shape index (κ1) is 93.4. The van der Waals surface area contributed by atoms with Crippen molar-refractivity contribution in [1.82, 2.24) is 62.6 Å². The molecule has 39 heteroatoms. The van der Waals surface area contributed by atoms with Crippen molar-refractivity contribution >= 4 is 111 Å². The number of hydrogen-bond donors (Lipinski definition) is 17. The lowest BCUT2D eigenvalue weighted by Crippen LogP contribution is -2.62. The molecule has 5 rings (SSSR count). The quantitative estimate of drug-likeness (QED) is 0.0303. The van der Waals surface area contributed by atoms with Crippen LogP contribution in [0.25, 0.3) is 0 Å². The molecule has 3 saturated heterocycles. The van der Waals surface area contributed by atoms with Crippen LogP contribution in [0.1, 0.15) is 130 Å².